The van der Waals surface area contributed by atoms with E-state index in [0.717, 1.165) is 22.4 Å². The van der Waals surface area contributed by atoms with Gasteiger partial charge in [0.2, 0.25) is 0 Å². The van der Waals surface area contributed by atoms with Gasteiger partial charge in [-0.1, -0.05) is 54.2 Å². The minimum atomic E-state index is -0.315. The molecule has 3 nitrogen and oxygen atoms in total. The molecule has 6 heteroatoms. The zero-order valence-corrected chi connectivity index (χ0v) is 16.1. The highest BCUT2D eigenvalue weighted by Gasteiger charge is 2.17. The Hall–Kier alpha value is -2.86. The Morgan fingerprint density at radius 1 is 0.929 bits per heavy atom. The lowest BCUT2D eigenvalue weighted by molar-refractivity contribution is 0.410. The molecule has 0 aliphatic rings. The third-order valence-electron chi connectivity index (χ3n) is 4.18. The fraction of sp³-hybridized carbons (Fsp3) is 0.136. The summed E-state index contributed by atoms with van der Waals surface area (Å²) in [4.78, 5) is 4.46. The first kappa shape index (κ1) is 19.9. The maximum Gasteiger partial charge on any atom is 0.155 e. The topological polar surface area (TPSA) is 47.6 Å². The summed E-state index contributed by atoms with van der Waals surface area (Å²) in [5.41, 5.74) is 8.81. The second kappa shape index (κ2) is 9.37. The number of hydrogen-bond acceptors (Lipinski definition) is 3. The zero-order chi connectivity index (χ0) is 19.9. The SMILES string of the molecule is COc1ccccc1CN=C(N)SC(c1ccc(F)cc1)c1ccc(F)cc1. The van der Waals surface area contributed by atoms with Crippen molar-refractivity contribution in [2.45, 2.75) is 11.8 Å². The summed E-state index contributed by atoms with van der Waals surface area (Å²) in [5.74, 6) is 0.117. The number of methoxy groups -OCH3 is 1. The average Bonchev–Trinajstić information content (AvgIpc) is 2.72. The molecule has 0 heterocycles. The van der Waals surface area contributed by atoms with Gasteiger partial charge in [0.25, 0.3) is 0 Å². The predicted octanol–water partition coefficient (Wildman–Crippen LogP) is 5.31. The minimum absolute atomic E-state index is 0.234. The van der Waals surface area contributed by atoms with E-state index in [1.54, 1.807) is 31.4 Å². The normalized spacial score (nSPS) is 11.6. The van der Waals surface area contributed by atoms with Crippen LogP contribution in [0.25, 0.3) is 0 Å². The van der Waals surface area contributed by atoms with Gasteiger partial charge in [-0.3, -0.25) is 4.99 Å². The van der Waals surface area contributed by atoms with Gasteiger partial charge in [-0.05, 0) is 41.5 Å². The highest BCUT2D eigenvalue weighted by Crippen LogP contribution is 2.36. The second-order valence-electron chi connectivity index (χ2n) is 6.07. The molecule has 0 saturated carbocycles. The second-order valence-corrected chi connectivity index (χ2v) is 7.19. The summed E-state index contributed by atoms with van der Waals surface area (Å²) in [7, 11) is 1.61. The molecule has 0 bridgehead atoms. The summed E-state index contributed by atoms with van der Waals surface area (Å²) < 4.78 is 32.0. The van der Waals surface area contributed by atoms with Crippen molar-refractivity contribution in [2.75, 3.05) is 7.11 Å². The average molecular weight is 398 g/mol. The minimum Gasteiger partial charge on any atom is -0.496 e. The number of halogens is 2. The van der Waals surface area contributed by atoms with Crippen LogP contribution in [0.2, 0.25) is 0 Å². The van der Waals surface area contributed by atoms with Crippen molar-refractivity contribution in [1.29, 1.82) is 0 Å². The Kier molecular flexibility index (Phi) is 6.66. The van der Waals surface area contributed by atoms with E-state index >= 15 is 0 Å². The number of nitrogens with two attached hydrogens (primary N) is 1. The number of hydrogen-bond donors (Lipinski definition) is 1. The van der Waals surface area contributed by atoms with Crippen LogP contribution in [0.4, 0.5) is 8.78 Å². The van der Waals surface area contributed by atoms with Crippen LogP contribution in [0.5, 0.6) is 5.75 Å². The third-order valence-corrected chi connectivity index (χ3v) is 5.33. The fourth-order valence-electron chi connectivity index (χ4n) is 2.76. The molecule has 0 unspecified atom stereocenters. The van der Waals surface area contributed by atoms with Crippen molar-refractivity contribution in [3.05, 3.63) is 101 Å². The van der Waals surface area contributed by atoms with E-state index in [4.69, 9.17) is 10.5 Å². The first-order chi connectivity index (χ1) is 13.6. The van der Waals surface area contributed by atoms with Gasteiger partial charge in [0, 0.05) is 5.56 Å². The van der Waals surface area contributed by atoms with Crippen LogP contribution in [-0.2, 0) is 6.54 Å². The monoisotopic (exact) mass is 398 g/mol. The van der Waals surface area contributed by atoms with Crippen LogP contribution in [0.3, 0.4) is 0 Å². The first-order valence-corrected chi connectivity index (χ1v) is 9.54. The van der Waals surface area contributed by atoms with E-state index in [0.29, 0.717) is 11.7 Å². The Morgan fingerprint density at radius 2 is 1.46 bits per heavy atom. The molecular formula is C22H20F2N2OS. The van der Waals surface area contributed by atoms with Crippen molar-refractivity contribution in [3.63, 3.8) is 0 Å². The molecule has 0 aliphatic heterocycles. The largest absolute Gasteiger partial charge is 0.496 e. The number of nitrogens with zero attached hydrogens (tertiary/aromatic N) is 1. The van der Waals surface area contributed by atoms with Crippen molar-refractivity contribution in [3.8, 4) is 5.75 Å². The van der Waals surface area contributed by atoms with Crippen molar-refractivity contribution < 1.29 is 13.5 Å². The van der Waals surface area contributed by atoms with Gasteiger partial charge >= 0.3 is 0 Å². The summed E-state index contributed by atoms with van der Waals surface area (Å²) >= 11 is 1.34. The van der Waals surface area contributed by atoms with E-state index in [2.05, 4.69) is 4.99 Å². The molecule has 3 aromatic rings. The van der Waals surface area contributed by atoms with Crippen LogP contribution in [0.1, 0.15) is 21.9 Å². The molecular weight excluding hydrogens is 378 g/mol. The zero-order valence-electron chi connectivity index (χ0n) is 15.3. The molecule has 0 fully saturated rings. The summed E-state index contributed by atoms with van der Waals surface area (Å²) in [6.45, 7) is 0.377. The van der Waals surface area contributed by atoms with Gasteiger partial charge in [-0.2, -0.15) is 0 Å². The van der Waals surface area contributed by atoms with E-state index in [1.807, 2.05) is 24.3 Å². The number of amidine groups is 1. The molecule has 0 saturated heterocycles. The number of para-hydroxylation sites is 1. The van der Waals surface area contributed by atoms with Crippen LogP contribution in [0.15, 0.2) is 77.8 Å². The molecule has 0 spiro atoms. The summed E-state index contributed by atoms with van der Waals surface area (Å²) in [6, 6.07) is 20.0. The van der Waals surface area contributed by atoms with Gasteiger partial charge in [-0.15, -0.1) is 0 Å². The van der Waals surface area contributed by atoms with Crippen molar-refractivity contribution >= 4 is 16.9 Å². The maximum atomic E-state index is 13.3. The molecule has 0 aliphatic carbocycles. The Bertz CT molecular complexity index is 898. The number of rotatable bonds is 6. The van der Waals surface area contributed by atoms with Crippen molar-refractivity contribution in [2.24, 2.45) is 10.7 Å². The van der Waals surface area contributed by atoms with E-state index in [-0.39, 0.29) is 16.9 Å². The number of benzene rings is 3. The summed E-state index contributed by atoms with van der Waals surface area (Å²) in [6.07, 6.45) is 0. The Morgan fingerprint density at radius 3 is 2.00 bits per heavy atom. The predicted molar refractivity (Wildman–Crippen MR) is 111 cm³/mol. The van der Waals surface area contributed by atoms with Crippen LogP contribution >= 0.6 is 11.8 Å². The highest BCUT2D eigenvalue weighted by atomic mass is 32.2. The molecule has 3 aromatic carbocycles. The number of ether oxygens (including phenoxy) is 1. The third kappa shape index (κ3) is 5.10. The Labute approximate surface area is 167 Å². The quantitative estimate of drug-likeness (QED) is 0.452. The van der Waals surface area contributed by atoms with Gasteiger partial charge < -0.3 is 10.5 Å². The lowest BCUT2D eigenvalue weighted by Crippen LogP contribution is -2.11. The molecule has 144 valence electrons. The standard InChI is InChI=1S/C22H20F2N2OS/c1-27-20-5-3-2-4-17(20)14-26-22(25)28-21(15-6-10-18(23)11-7-15)16-8-12-19(24)13-9-16/h2-13,21H,14H2,1H3,(H2,25,26). The van der Waals surface area contributed by atoms with Crippen molar-refractivity contribution in [1.82, 2.24) is 0 Å². The molecule has 0 amide bonds. The van der Waals surface area contributed by atoms with E-state index < -0.39 is 0 Å². The van der Waals surface area contributed by atoms with Crippen LogP contribution < -0.4 is 10.5 Å². The molecule has 0 aromatic heterocycles. The molecule has 2 N–H and O–H groups in total. The molecule has 3 rings (SSSR count). The maximum absolute atomic E-state index is 13.3. The lowest BCUT2D eigenvalue weighted by Gasteiger charge is -2.17. The van der Waals surface area contributed by atoms with E-state index in [9.17, 15) is 8.78 Å². The molecule has 0 atom stereocenters. The molecule has 28 heavy (non-hydrogen) atoms. The Balaban J connectivity index is 1.84. The first-order valence-electron chi connectivity index (χ1n) is 8.66. The summed E-state index contributed by atoms with van der Waals surface area (Å²) in [5, 5.41) is 0.146. The lowest BCUT2D eigenvalue weighted by atomic mass is 10.0. The van der Waals surface area contributed by atoms with Gasteiger partial charge in [0.15, 0.2) is 5.17 Å². The van der Waals surface area contributed by atoms with Crippen LogP contribution in [-0.4, -0.2) is 12.3 Å². The highest BCUT2D eigenvalue weighted by molar-refractivity contribution is 8.14. The number of thioether (sulfide) groups is 1. The van der Waals surface area contributed by atoms with Crippen LogP contribution in [0, 0.1) is 11.6 Å². The van der Waals surface area contributed by atoms with E-state index in [1.165, 1.54) is 36.0 Å². The molecule has 0 radical (unpaired) electrons. The van der Waals surface area contributed by atoms with Gasteiger partial charge in [-0.25, -0.2) is 8.78 Å². The smallest absolute Gasteiger partial charge is 0.155 e. The van der Waals surface area contributed by atoms with Gasteiger partial charge in [0.1, 0.15) is 17.4 Å². The fourth-order valence-corrected chi connectivity index (χ4v) is 3.73. The number of aliphatic imine (C=N–C) groups is 1. The van der Waals surface area contributed by atoms with Gasteiger partial charge in [0.05, 0.1) is 18.9 Å².